The fourth-order valence-corrected chi connectivity index (χ4v) is 2.60. The average molecular weight is 283 g/mol. The van der Waals surface area contributed by atoms with Gasteiger partial charge in [0.15, 0.2) is 11.3 Å². The molecule has 0 aromatic carbocycles. The Hall–Kier alpha value is -2.17. The summed E-state index contributed by atoms with van der Waals surface area (Å²) in [5.74, 6) is 0.974. The van der Waals surface area contributed by atoms with E-state index in [9.17, 15) is 0 Å². The number of rotatable bonds is 3. The van der Waals surface area contributed by atoms with Crippen LogP contribution in [0.5, 0.6) is 0 Å². The van der Waals surface area contributed by atoms with Crippen LogP contribution in [-0.4, -0.2) is 25.6 Å². The molecule has 5 heteroatoms. The Morgan fingerprint density at radius 1 is 1.14 bits per heavy atom. The number of hydrogen-bond donors (Lipinski definition) is 1. The topological polar surface area (TPSA) is 55.1 Å². The Labute approximate surface area is 124 Å². The summed E-state index contributed by atoms with van der Waals surface area (Å²) in [5.41, 5.74) is 4.77. The maximum absolute atomic E-state index is 4.67. The third-order valence-corrected chi connectivity index (χ3v) is 3.81. The molecule has 21 heavy (non-hydrogen) atoms. The molecule has 3 aromatic rings. The maximum Gasteiger partial charge on any atom is 0.184 e. The molecule has 0 spiro atoms. The zero-order valence-electron chi connectivity index (χ0n) is 13.2. The smallest absolute Gasteiger partial charge is 0.184 e. The summed E-state index contributed by atoms with van der Waals surface area (Å²) in [6, 6.07) is 4.50. The first-order chi connectivity index (χ1) is 9.99. The zero-order valence-corrected chi connectivity index (χ0v) is 13.2. The van der Waals surface area contributed by atoms with Crippen LogP contribution in [0.4, 0.5) is 5.82 Å². The largest absolute Gasteiger partial charge is 0.367 e. The number of hydrogen-bond acceptors (Lipinski definition) is 4. The summed E-state index contributed by atoms with van der Waals surface area (Å²) < 4.78 is 1.88. The molecule has 0 aliphatic rings. The molecule has 3 heterocycles. The molecular formula is C16H21N5. The molecule has 1 N–H and O–H groups in total. The number of fused-ring (bicyclic) bond motifs is 3. The molecule has 3 rings (SSSR count). The van der Waals surface area contributed by atoms with Crippen molar-refractivity contribution < 1.29 is 0 Å². The van der Waals surface area contributed by atoms with E-state index in [1.807, 2.05) is 24.4 Å². The Balaban J connectivity index is 2.33. The molecule has 110 valence electrons. The first-order valence-corrected chi connectivity index (χ1v) is 7.40. The van der Waals surface area contributed by atoms with E-state index in [0.717, 1.165) is 40.3 Å². The molecular weight excluding hydrogens is 262 g/mol. The molecule has 0 amide bonds. The average Bonchev–Trinajstić information content (AvgIpc) is 2.76. The monoisotopic (exact) mass is 283 g/mol. The predicted molar refractivity (Wildman–Crippen MR) is 85.9 cm³/mol. The number of nitrogens with zero attached hydrogens (tertiary/aromatic N) is 4. The minimum Gasteiger partial charge on any atom is -0.367 e. The molecule has 0 bridgehead atoms. The molecule has 5 nitrogen and oxygen atoms in total. The lowest BCUT2D eigenvalue weighted by Crippen LogP contribution is -2.16. The summed E-state index contributed by atoms with van der Waals surface area (Å²) in [6.45, 7) is 10.4. The minimum atomic E-state index is 0.387. The van der Waals surface area contributed by atoms with Gasteiger partial charge < -0.3 is 5.32 Å². The summed E-state index contributed by atoms with van der Waals surface area (Å²) >= 11 is 0. The van der Waals surface area contributed by atoms with E-state index in [2.05, 4.69) is 47.2 Å². The van der Waals surface area contributed by atoms with Crippen LogP contribution in [-0.2, 0) is 0 Å². The van der Waals surface area contributed by atoms with Crippen molar-refractivity contribution in [2.45, 2.75) is 47.1 Å². The van der Waals surface area contributed by atoms with Crippen LogP contribution in [0, 0.1) is 20.8 Å². The molecule has 0 unspecified atom stereocenters. The van der Waals surface area contributed by atoms with Crippen LogP contribution in [0.3, 0.4) is 0 Å². The molecule has 0 fully saturated rings. The van der Waals surface area contributed by atoms with E-state index >= 15 is 0 Å². The summed E-state index contributed by atoms with van der Waals surface area (Å²) in [6.07, 6.45) is 1.06. The third kappa shape index (κ3) is 2.33. The van der Waals surface area contributed by atoms with Crippen molar-refractivity contribution in [1.29, 1.82) is 0 Å². The van der Waals surface area contributed by atoms with Crippen molar-refractivity contribution >= 4 is 22.5 Å². The van der Waals surface area contributed by atoms with Crippen LogP contribution < -0.4 is 5.32 Å². The van der Waals surface area contributed by atoms with Gasteiger partial charge in [0.05, 0.1) is 5.39 Å². The van der Waals surface area contributed by atoms with Crippen molar-refractivity contribution in [2.24, 2.45) is 0 Å². The van der Waals surface area contributed by atoms with Gasteiger partial charge >= 0.3 is 0 Å². The van der Waals surface area contributed by atoms with Crippen LogP contribution in [0.15, 0.2) is 12.1 Å². The van der Waals surface area contributed by atoms with Crippen molar-refractivity contribution in [1.82, 2.24) is 19.6 Å². The highest BCUT2D eigenvalue weighted by atomic mass is 15.3. The van der Waals surface area contributed by atoms with Crippen molar-refractivity contribution in [3.63, 3.8) is 0 Å². The van der Waals surface area contributed by atoms with Crippen LogP contribution in [0.25, 0.3) is 16.7 Å². The second-order valence-corrected chi connectivity index (χ2v) is 5.75. The second kappa shape index (κ2) is 4.98. The van der Waals surface area contributed by atoms with E-state index in [4.69, 9.17) is 0 Å². The standard InChI is InChI=1S/C16H21N5/c1-6-10(3)17-13-8-12(5)19-16-14-9(2)7-11(4)18-15(14)20-21(13)16/h7-8,10,17H,6H2,1-5H3/t10-/m0/s1. The first kappa shape index (κ1) is 13.8. The van der Waals surface area contributed by atoms with Crippen molar-refractivity contribution in [3.8, 4) is 0 Å². The lowest BCUT2D eigenvalue weighted by molar-refractivity contribution is 0.748. The molecule has 0 aliphatic carbocycles. The van der Waals surface area contributed by atoms with Crippen LogP contribution in [0.1, 0.15) is 37.2 Å². The van der Waals surface area contributed by atoms with E-state index < -0.39 is 0 Å². The highest BCUT2D eigenvalue weighted by molar-refractivity contribution is 5.93. The molecule has 0 aliphatic heterocycles. The Bertz CT molecular complexity index is 818. The molecule has 0 saturated carbocycles. The fraction of sp³-hybridized carbons (Fsp3) is 0.438. The van der Waals surface area contributed by atoms with Gasteiger partial charge in [-0.25, -0.2) is 9.97 Å². The number of nitrogens with one attached hydrogen (secondary N) is 1. The lowest BCUT2D eigenvalue weighted by atomic mass is 10.2. The Morgan fingerprint density at radius 3 is 2.57 bits per heavy atom. The third-order valence-electron chi connectivity index (χ3n) is 3.81. The molecule has 3 aromatic heterocycles. The number of aromatic nitrogens is 4. The van der Waals surface area contributed by atoms with Gasteiger partial charge in [-0.15, -0.1) is 5.10 Å². The molecule has 0 saturated heterocycles. The van der Waals surface area contributed by atoms with Gasteiger partial charge in [-0.1, -0.05) is 6.92 Å². The SMILES string of the molecule is CC[C@H](C)Nc1cc(C)nc2c3c(C)cc(C)nc3nn12. The first-order valence-electron chi connectivity index (χ1n) is 7.40. The normalized spacial score (nSPS) is 13.0. The van der Waals surface area contributed by atoms with Gasteiger partial charge in [0.25, 0.3) is 0 Å². The van der Waals surface area contributed by atoms with E-state index in [1.54, 1.807) is 0 Å². The number of anilines is 1. The van der Waals surface area contributed by atoms with Gasteiger partial charge in [0, 0.05) is 23.5 Å². The lowest BCUT2D eigenvalue weighted by Gasteiger charge is -2.14. The summed E-state index contributed by atoms with van der Waals surface area (Å²) in [5, 5.41) is 9.19. The maximum atomic E-state index is 4.67. The summed E-state index contributed by atoms with van der Waals surface area (Å²) in [7, 11) is 0. The second-order valence-electron chi connectivity index (χ2n) is 5.75. The summed E-state index contributed by atoms with van der Waals surface area (Å²) in [4.78, 5) is 9.21. The van der Waals surface area contributed by atoms with Crippen molar-refractivity contribution in [2.75, 3.05) is 5.32 Å². The Morgan fingerprint density at radius 2 is 1.86 bits per heavy atom. The molecule has 1 atom stereocenters. The highest BCUT2D eigenvalue weighted by Gasteiger charge is 2.15. The molecule has 0 radical (unpaired) electrons. The highest BCUT2D eigenvalue weighted by Crippen LogP contribution is 2.24. The predicted octanol–water partition coefficient (Wildman–Crippen LogP) is 3.41. The van der Waals surface area contributed by atoms with E-state index in [1.165, 1.54) is 5.56 Å². The quantitative estimate of drug-likeness (QED) is 0.800. The fourth-order valence-electron chi connectivity index (χ4n) is 2.60. The van der Waals surface area contributed by atoms with Gasteiger partial charge in [-0.05, 0) is 45.7 Å². The van der Waals surface area contributed by atoms with E-state index in [-0.39, 0.29) is 0 Å². The van der Waals surface area contributed by atoms with Crippen molar-refractivity contribution in [3.05, 3.63) is 29.1 Å². The van der Waals surface area contributed by atoms with Gasteiger partial charge in [0.1, 0.15) is 5.82 Å². The van der Waals surface area contributed by atoms with Gasteiger partial charge in [0.2, 0.25) is 0 Å². The van der Waals surface area contributed by atoms with Crippen LogP contribution in [0.2, 0.25) is 0 Å². The van der Waals surface area contributed by atoms with Crippen LogP contribution >= 0.6 is 0 Å². The minimum absolute atomic E-state index is 0.387. The number of aryl methyl sites for hydroxylation is 3. The Kier molecular flexibility index (Phi) is 3.27. The van der Waals surface area contributed by atoms with Gasteiger partial charge in [-0.2, -0.15) is 4.52 Å². The van der Waals surface area contributed by atoms with Gasteiger partial charge in [-0.3, -0.25) is 0 Å². The number of pyridine rings is 1. The zero-order chi connectivity index (χ0) is 15.1. The van der Waals surface area contributed by atoms with E-state index in [0.29, 0.717) is 6.04 Å².